The lowest BCUT2D eigenvalue weighted by atomic mass is 9.94. The van der Waals surface area contributed by atoms with Crippen molar-refractivity contribution in [3.05, 3.63) is 18.2 Å². The number of piperidine rings is 1. The molecule has 2 unspecified atom stereocenters. The average Bonchev–Trinajstić information content (AvgIpc) is 2.97. The zero-order valence-electron chi connectivity index (χ0n) is 10.6. The van der Waals surface area contributed by atoms with Crippen molar-refractivity contribution in [2.75, 3.05) is 6.54 Å². The van der Waals surface area contributed by atoms with Crippen LogP contribution in [0.25, 0.3) is 11.5 Å². The van der Waals surface area contributed by atoms with Crippen molar-refractivity contribution in [1.82, 2.24) is 25.2 Å². The molecule has 0 spiro atoms. The number of aryl methyl sites for hydroxylation is 1. The highest BCUT2D eigenvalue weighted by atomic mass is 16.5. The molecule has 1 aliphatic rings. The van der Waals surface area contributed by atoms with Gasteiger partial charge in [0.15, 0.2) is 0 Å². The molecule has 0 bridgehead atoms. The summed E-state index contributed by atoms with van der Waals surface area (Å²) >= 11 is 0. The number of aromatic nitrogens is 4. The highest BCUT2D eigenvalue weighted by Gasteiger charge is 2.25. The van der Waals surface area contributed by atoms with Gasteiger partial charge in [-0.25, -0.2) is 0 Å². The molecule has 6 nitrogen and oxygen atoms in total. The maximum Gasteiger partial charge on any atom is 0.244 e. The fourth-order valence-electron chi connectivity index (χ4n) is 2.31. The van der Waals surface area contributed by atoms with E-state index in [1.807, 2.05) is 19.3 Å². The summed E-state index contributed by atoms with van der Waals surface area (Å²) < 4.78 is 7.07. The van der Waals surface area contributed by atoms with Crippen LogP contribution in [0.4, 0.5) is 0 Å². The average molecular weight is 247 g/mol. The third-order valence-corrected chi connectivity index (χ3v) is 3.35. The van der Waals surface area contributed by atoms with E-state index in [-0.39, 0.29) is 6.04 Å². The van der Waals surface area contributed by atoms with Crippen LogP contribution in [0.5, 0.6) is 0 Å². The Morgan fingerprint density at radius 1 is 1.50 bits per heavy atom. The van der Waals surface area contributed by atoms with Gasteiger partial charge in [0.25, 0.3) is 0 Å². The Bertz CT molecular complexity index is 532. The molecule has 3 heterocycles. The van der Waals surface area contributed by atoms with E-state index in [0.29, 0.717) is 17.6 Å². The first kappa shape index (κ1) is 11.4. The first-order valence-corrected chi connectivity index (χ1v) is 6.29. The molecule has 96 valence electrons. The summed E-state index contributed by atoms with van der Waals surface area (Å²) in [6, 6.07) is 2.06. The lowest BCUT2D eigenvalue weighted by Crippen LogP contribution is -2.30. The summed E-state index contributed by atoms with van der Waals surface area (Å²) in [6.45, 7) is 3.26. The summed E-state index contributed by atoms with van der Waals surface area (Å²) in [7, 11) is 1.87. The first-order valence-electron chi connectivity index (χ1n) is 6.29. The molecule has 2 atom stereocenters. The molecule has 1 N–H and O–H groups in total. The zero-order chi connectivity index (χ0) is 12.5. The highest BCUT2D eigenvalue weighted by molar-refractivity contribution is 5.46. The second-order valence-electron chi connectivity index (χ2n) is 4.97. The molecule has 1 aliphatic heterocycles. The van der Waals surface area contributed by atoms with Gasteiger partial charge in [0.1, 0.15) is 5.69 Å². The minimum absolute atomic E-state index is 0.179. The van der Waals surface area contributed by atoms with Gasteiger partial charge < -0.3 is 9.84 Å². The number of nitrogens with one attached hydrogen (secondary N) is 1. The van der Waals surface area contributed by atoms with Crippen molar-refractivity contribution < 1.29 is 4.52 Å². The lowest BCUT2D eigenvalue weighted by Gasteiger charge is -2.25. The summed E-state index contributed by atoms with van der Waals surface area (Å²) in [5, 5.41) is 11.7. The normalized spacial score (nSPS) is 24.3. The van der Waals surface area contributed by atoms with Gasteiger partial charge in [-0.2, -0.15) is 10.1 Å². The Morgan fingerprint density at radius 2 is 2.39 bits per heavy atom. The number of hydrogen-bond acceptors (Lipinski definition) is 5. The molecule has 0 radical (unpaired) electrons. The zero-order valence-corrected chi connectivity index (χ0v) is 10.6. The number of rotatable bonds is 2. The van der Waals surface area contributed by atoms with Gasteiger partial charge in [0.2, 0.25) is 11.7 Å². The molecule has 0 aliphatic carbocycles. The molecule has 3 rings (SSSR count). The summed E-state index contributed by atoms with van der Waals surface area (Å²) in [4.78, 5) is 4.44. The third-order valence-electron chi connectivity index (χ3n) is 3.35. The topological polar surface area (TPSA) is 68.8 Å². The van der Waals surface area contributed by atoms with E-state index in [4.69, 9.17) is 4.52 Å². The Labute approximate surface area is 105 Å². The standard InChI is InChI=1S/C12H17N5O/c1-8-3-5-13-10(7-8)12-14-11(16-18-12)9-4-6-17(2)15-9/h4,6,8,10,13H,3,5,7H2,1-2H3. The van der Waals surface area contributed by atoms with Crippen molar-refractivity contribution in [2.24, 2.45) is 13.0 Å². The van der Waals surface area contributed by atoms with Gasteiger partial charge in [-0.3, -0.25) is 4.68 Å². The Kier molecular flexibility index (Phi) is 2.87. The van der Waals surface area contributed by atoms with Crippen LogP contribution in [0, 0.1) is 5.92 Å². The van der Waals surface area contributed by atoms with Gasteiger partial charge >= 0.3 is 0 Å². The molecule has 0 saturated carbocycles. The van der Waals surface area contributed by atoms with Crippen LogP contribution in [-0.4, -0.2) is 26.5 Å². The van der Waals surface area contributed by atoms with Gasteiger partial charge in [0, 0.05) is 13.2 Å². The van der Waals surface area contributed by atoms with Crippen molar-refractivity contribution in [2.45, 2.75) is 25.8 Å². The van der Waals surface area contributed by atoms with E-state index >= 15 is 0 Å². The Morgan fingerprint density at radius 3 is 3.11 bits per heavy atom. The van der Waals surface area contributed by atoms with E-state index in [9.17, 15) is 0 Å². The fraction of sp³-hybridized carbons (Fsp3) is 0.583. The molecule has 0 aromatic carbocycles. The quantitative estimate of drug-likeness (QED) is 0.871. The molecular weight excluding hydrogens is 230 g/mol. The van der Waals surface area contributed by atoms with Crippen LogP contribution in [0.15, 0.2) is 16.8 Å². The number of hydrogen-bond donors (Lipinski definition) is 1. The smallest absolute Gasteiger partial charge is 0.244 e. The van der Waals surface area contributed by atoms with E-state index in [1.54, 1.807) is 4.68 Å². The maximum absolute atomic E-state index is 5.34. The highest BCUT2D eigenvalue weighted by Crippen LogP contribution is 2.26. The minimum Gasteiger partial charge on any atom is -0.337 e. The molecule has 18 heavy (non-hydrogen) atoms. The predicted molar refractivity (Wildman–Crippen MR) is 65.6 cm³/mol. The van der Waals surface area contributed by atoms with Gasteiger partial charge in [-0.1, -0.05) is 12.1 Å². The molecule has 1 saturated heterocycles. The molecule has 2 aromatic heterocycles. The van der Waals surface area contributed by atoms with E-state index in [1.165, 1.54) is 6.42 Å². The van der Waals surface area contributed by atoms with Gasteiger partial charge in [-0.05, 0) is 31.4 Å². The van der Waals surface area contributed by atoms with Crippen LogP contribution < -0.4 is 5.32 Å². The fourth-order valence-corrected chi connectivity index (χ4v) is 2.31. The minimum atomic E-state index is 0.179. The molecular formula is C12H17N5O. The van der Waals surface area contributed by atoms with Crippen molar-refractivity contribution in [3.63, 3.8) is 0 Å². The monoisotopic (exact) mass is 247 g/mol. The van der Waals surface area contributed by atoms with Gasteiger partial charge in [-0.15, -0.1) is 0 Å². The largest absolute Gasteiger partial charge is 0.337 e. The van der Waals surface area contributed by atoms with Crippen LogP contribution in [0.2, 0.25) is 0 Å². The molecule has 0 amide bonds. The van der Waals surface area contributed by atoms with Crippen LogP contribution in [0.3, 0.4) is 0 Å². The van der Waals surface area contributed by atoms with Crippen LogP contribution >= 0.6 is 0 Å². The van der Waals surface area contributed by atoms with E-state index in [2.05, 4.69) is 27.5 Å². The molecule has 1 fully saturated rings. The molecule has 2 aromatic rings. The lowest BCUT2D eigenvalue weighted by molar-refractivity contribution is 0.260. The van der Waals surface area contributed by atoms with E-state index in [0.717, 1.165) is 18.7 Å². The predicted octanol–water partition coefficient (Wildman–Crippen LogP) is 1.53. The van der Waals surface area contributed by atoms with Crippen LogP contribution in [0.1, 0.15) is 31.7 Å². The van der Waals surface area contributed by atoms with Crippen molar-refractivity contribution in [1.29, 1.82) is 0 Å². The SMILES string of the molecule is CC1CCNC(c2nc(-c3ccn(C)n3)no2)C1. The first-order chi connectivity index (χ1) is 8.72. The maximum atomic E-state index is 5.34. The second kappa shape index (κ2) is 4.53. The summed E-state index contributed by atoms with van der Waals surface area (Å²) in [5.41, 5.74) is 0.747. The van der Waals surface area contributed by atoms with Gasteiger partial charge in [0.05, 0.1) is 6.04 Å². The number of nitrogens with zero attached hydrogens (tertiary/aromatic N) is 4. The van der Waals surface area contributed by atoms with Crippen molar-refractivity contribution >= 4 is 0 Å². The summed E-state index contributed by atoms with van der Waals surface area (Å²) in [5.74, 6) is 1.93. The summed E-state index contributed by atoms with van der Waals surface area (Å²) in [6.07, 6.45) is 4.12. The molecule has 6 heteroatoms. The van der Waals surface area contributed by atoms with E-state index < -0.39 is 0 Å². The Hall–Kier alpha value is -1.69. The third kappa shape index (κ3) is 2.15. The second-order valence-corrected chi connectivity index (χ2v) is 4.97. The Balaban J connectivity index is 1.80. The van der Waals surface area contributed by atoms with Crippen molar-refractivity contribution in [3.8, 4) is 11.5 Å². The van der Waals surface area contributed by atoms with Crippen LogP contribution in [-0.2, 0) is 7.05 Å².